The molecule has 1 aliphatic rings. The van der Waals surface area contributed by atoms with E-state index in [4.69, 9.17) is 5.11 Å². The molecule has 0 aromatic carbocycles. The molecule has 5 heavy (non-hydrogen) atoms. The van der Waals surface area contributed by atoms with Crippen molar-refractivity contribution < 1.29 is 5.11 Å². The van der Waals surface area contributed by atoms with Gasteiger partial charge in [0.25, 0.3) is 0 Å². The number of hydrogen-bond acceptors (Lipinski definition) is 1. The van der Waals surface area contributed by atoms with Crippen molar-refractivity contribution in [3.63, 3.8) is 0 Å². The van der Waals surface area contributed by atoms with Crippen LogP contribution in [0.2, 0.25) is 0 Å². The van der Waals surface area contributed by atoms with E-state index < -0.39 is 0 Å². The maximum Gasteiger partial charge on any atom is 0.0656 e. The Bertz CT molecular complexity index is 41.6. The van der Waals surface area contributed by atoms with Gasteiger partial charge in [0.15, 0.2) is 0 Å². The molecule has 0 aromatic heterocycles. The van der Waals surface area contributed by atoms with Crippen LogP contribution in [0.25, 0.3) is 0 Å². The summed E-state index contributed by atoms with van der Waals surface area (Å²) in [5.74, 6) is 0. The summed E-state index contributed by atoms with van der Waals surface area (Å²) in [6, 6.07) is 0. The van der Waals surface area contributed by atoms with Gasteiger partial charge in [0.2, 0.25) is 0 Å². The number of aliphatic hydroxyl groups is 1. The van der Waals surface area contributed by atoms with Gasteiger partial charge in [0, 0.05) is 0 Å². The molecule has 1 saturated carbocycles. The Hall–Kier alpha value is -0.0400. The van der Waals surface area contributed by atoms with Crippen molar-refractivity contribution in [2.75, 3.05) is 0 Å². The van der Waals surface area contributed by atoms with E-state index in [1.54, 1.807) is 6.92 Å². The zero-order valence-corrected chi connectivity index (χ0v) is 3.23. The Morgan fingerprint density at radius 1 is 2.00 bits per heavy atom. The first-order valence-electron chi connectivity index (χ1n) is 1.77. The predicted molar refractivity (Wildman–Crippen MR) is 19.5 cm³/mol. The summed E-state index contributed by atoms with van der Waals surface area (Å²) in [4.78, 5) is 0. The quantitative estimate of drug-likeness (QED) is 0.436. The van der Waals surface area contributed by atoms with Crippen LogP contribution >= 0.6 is 0 Å². The number of hydrogen-bond donors (Lipinski definition) is 1. The first-order valence-corrected chi connectivity index (χ1v) is 1.77. The van der Waals surface area contributed by atoms with Gasteiger partial charge in [-0.2, -0.15) is 0 Å². The average molecular weight is 71.1 g/mol. The standard InChI is InChI=1S/C4H7O/c1-4(5)2-3-4/h2,5H,3H2,1H3. The normalized spacial score (nSPS) is 30.0. The SMILES string of the molecule is CC1(O)[CH]C1. The Kier molecular flexibility index (Phi) is 0.346. The van der Waals surface area contributed by atoms with E-state index in [1.165, 1.54) is 0 Å². The fourth-order valence-corrected chi connectivity index (χ4v) is 0.148. The van der Waals surface area contributed by atoms with Gasteiger partial charge in [-0.05, 0) is 19.8 Å². The van der Waals surface area contributed by atoms with Gasteiger partial charge in [0.1, 0.15) is 0 Å². The van der Waals surface area contributed by atoms with Gasteiger partial charge in [-0.25, -0.2) is 0 Å². The smallest absolute Gasteiger partial charge is 0.0656 e. The second-order valence-corrected chi connectivity index (χ2v) is 1.77. The first-order chi connectivity index (χ1) is 2.21. The molecule has 1 heteroatoms. The average Bonchev–Trinajstić information content (AvgIpc) is 1.76. The minimum atomic E-state index is -0.375. The molecule has 0 heterocycles. The highest BCUT2D eigenvalue weighted by Crippen LogP contribution is 2.31. The molecule has 0 saturated heterocycles. The Balaban J connectivity index is 2.38. The van der Waals surface area contributed by atoms with E-state index in [9.17, 15) is 0 Å². The van der Waals surface area contributed by atoms with Crippen molar-refractivity contribution in [3.8, 4) is 0 Å². The molecule has 0 aromatic rings. The van der Waals surface area contributed by atoms with Gasteiger partial charge in [-0.1, -0.05) is 0 Å². The van der Waals surface area contributed by atoms with E-state index in [0.717, 1.165) is 6.42 Å². The zero-order chi connectivity index (χ0) is 3.91. The fourth-order valence-electron chi connectivity index (χ4n) is 0.148. The van der Waals surface area contributed by atoms with Crippen LogP contribution in [-0.2, 0) is 0 Å². The monoisotopic (exact) mass is 71.0 g/mol. The molecule has 1 rings (SSSR count). The molecule has 0 aliphatic heterocycles. The third-order valence-corrected chi connectivity index (χ3v) is 0.795. The minimum Gasteiger partial charge on any atom is -0.390 e. The lowest BCUT2D eigenvalue weighted by Crippen LogP contribution is -1.94. The highest BCUT2D eigenvalue weighted by molar-refractivity contribution is 5.08. The van der Waals surface area contributed by atoms with Crippen molar-refractivity contribution in [1.29, 1.82) is 0 Å². The minimum absolute atomic E-state index is 0.375. The maximum absolute atomic E-state index is 8.58. The van der Waals surface area contributed by atoms with Crippen LogP contribution in [0.3, 0.4) is 0 Å². The van der Waals surface area contributed by atoms with Gasteiger partial charge < -0.3 is 5.11 Å². The first kappa shape index (κ1) is 3.16. The molecule has 0 spiro atoms. The van der Waals surface area contributed by atoms with Crippen molar-refractivity contribution in [2.24, 2.45) is 0 Å². The second kappa shape index (κ2) is 0.548. The summed E-state index contributed by atoms with van der Waals surface area (Å²) in [5.41, 5.74) is -0.375. The van der Waals surface area contributed by atoms with Crippen LogP contribution in [-0.4, -0.2) is 10.7 Å². The zero-order valence-electron chi connectivity index (χ0n) is 3.23. The summed E-state index contributed by atoms with van der Waals surface area (Å²) in [6.07, 6.45) is 2.75. The lowest BCUT2D eigenvalue weighted by Gasteiger charge is -1.86. The molecular formula is C4H7O. The van der Waals surface area contributed by atoms with Gasteiger partial charge >= 0.3 is 0 Å². The summed E-state index contributed by atoms with van der Waals surface area (Å²) in [5, 5.41) is 8.58. The van der Waals surface area contributed by atoms with Crippen LogP contribution in [0.5, 0.6) is 0 Å². The summed E-state index contributed by atoms with van der Waals surface area (Å²) in [6.45, 7) is 1.80. The van der Waals surface area contributed by atoms with Crippen LogP contribution in [0, 0.1) is 6.42 Å². The number of rotatable bonds is 0. The van der Waals surface area contributed by atoms with Crippen molar-refractivity contribution in [3.05, 3.63) is 6.42 Å². The van der Waals surface area contributed by atoms with Crippen LogP contribution < -0.4 is 0 Å². The van der Waals surface area contributed by atoms with Crippen molar-refractivity contribution in [1.82, 2.24) is 0 Å². The predicted octanol–water partition coefficient (Wildman–Crippen LogP) is 0.345. The highest BCUT2D eigenvalue weighted by atomic mass is 16.3. The van der Waals surface area contributed by atoms with E-state index in [-0.39, 0.29) is 5.60 Å². The summed E-state index contributed by atoms with van der Waals surface area (Å²) in [7, 11) is 0. The van der Waals surface area contributed by atoms with E-state index in [0.29, 0.717) is 0 Å². The molecule has 0 amide bonds. The highest BCUT2D eigenvalue weighted by Gasteiger charge is 2.34. The van der Waals surface area contributed by atoms with E-state index in [1.807, 2.05) is 6.42 Å². The molecule has 1 unspecified atom stereocenters. The summed E-state index contributed by atoms with van der Waals surface area (Å²) < 4.78 is 0. The Labute approximate surface area is 31.6 Å². The Morgan fingerprint density at radius 3 is 2.20 bits per heavy atom. The molecule has 29 valence electrons. The van der Waals surface area contributed by atoms with Gasteiger partial charge in [0.05, 0.1) is 5.60 Å². The molecule has 1 aliphatic carbocycles. The third kappa shape index (κ3) is 0.618. The molecule has 1 N–H and O–H groups in total. The maximum atomic E-state index is 8.58. The van der Waals surface area contributed by atoms with E-state index >= 15 is 0 Å². The van der Waals surface area contributed by atoms with E-state index in [2.05, 4.69) is 0 Å². The molecular weight excluding hydrogens is 64.0 g/mol. The third-order valence-electron chi connectivity index (χ3n) is 0.795. The van der Waals surface area contributed by atoms with Crippen LogP contribution in [0.15, 0.2) is 0 Å². The largest absolute Gasteiger partial charge is 0.390 e. The molecule has 1 nitrogen and oxygen atoms in total. The lowest BCUT2D eigenvalue weighted by atomic mass is 10.4. The van der Waals surface area contributed by atoms with Crippen molar-refractivity contribution >= 4 is 0 Å². The second-order valence-electron chi connectivity index (χ2n) is 1.77. The topological polar surface area (TPSA) is 20.2 Å². The molecule has 1 radical (unpaired) electrons. The molecule has 1 atom stereocenters. The molecule has 0 bridgehead atoms. The molecule has 1 fully saturated rings. The van der Waals surface area contributed by atoms with Crippen LogP contribution in [0.4, 0.5) is 0 Å². The van der Waals surface area contributed by atoms with Gasteiger partial charge in [-0.15, -0.1) is 0 Å². The fraction of sp³-hybridized carbons (Fsp3) is 0.750. The summed E-state index contributed by atoms with van der Waals surface area (Å²) >= 11 is 0. The Morgan fingerprint density at radius 2 is 2.20 bits per heavy atom. The van der Waals surface area contributed by atoms with Crippen LogP contribution in [0.1, 0.15) is 13.3 Å². The van der Waals surface area contributed by atoms with Crippen molar-refractivity contribution in [2.45, 2.75) is 18.9 Å². The van der Waals surface area contributed by atoms with Gasteiger partial charge in [-0.3, -0.25) is 0 Å². The lowest BCUT2D eigenvalue weighted by molar-refractivity contribution is 0.185.